The van der Waals surface area contributed by atoms with Crippen LogP contribution in [0.5, 0.6) is 5.75 Å². The van der Waals surface area contributed by atoms with Gasteiger partial charge in [-0.2, -0.15) is 13.2 Å². The van der Waals surface area contributed by atoms with Crippen molar-refractivity contribution in [3.8, 4) is 5.75 Å². The summed E-state index contributed by atoms with van der Waals surface area (Å²) in [5, 5.41) is 10.1. The fourth-order valence-electron chi connectivity index (χ4n) is 1.85. The van der Waals surface area contributed by atoms with Gasteiger partial charge < -0.3 is 9.84 Å². The standard InChI is InChI=1S/C14H17F3O2/c1-9(2)8-13(18,14(15,16)17)11-7-10(3)5-6-12(11)19-4/h5-8,18H,1-4H3. The first-order valence-electron chi connectivity index (χ1n) is 5.72. The van der Waals surface area contributed by atoms with Crippen LogP contribution in [0.25, 0.3) is 0 Å². The first-order valence-corrected chi connectivity index (χ1v) is 5.72. The summed E-state index contributed by atoms with van der Waals surface area (Å²) in [5.41, 5.74) is -2.38. The van der Waals surface area contributed by atoms with E-state index in [4.69, 9.17) is 4.74 Å². The second-order valence-electron chi connectivity index (χ2n) is 4.69. The minimum absolute atomic E-state index is 0.00271. The zero-order chi connectivity index (χ0) is 14.8. The number of benzene rings is 1. The molecule has 5 heteroatoms. The highest BCUT2D eigenvalue weighted by Gasteiger charge is 2.54. The van der Waals surface area contributed by atoms with Crippen LogP contribution in [-0.4, -0.2) is 18.4 Å². The molecule has 1 atom stereocenters. The van der Waals surface area contributed by atoms with Gasteiger partial charge in [-0.15, -0.1) is 0 Å². The quantitative estimate of drug-likeness (QED) is 0.851. The van der Waals surface area contributed by atoms with Gasteiger partial charge in [0.15, 0.2) is 0 Å². The molecule has 0 amide bonds. The third-order valence-electron chi connectivity index (χ3n) is 2.70. The van der Waals surface area contributed by atoms with Crippen LogP contribution in [0.4, 0.5) is 13.2 Å². The van der Waals surface area contributed by atoms with Gasteiger partial charge in [-0.25, -0.2) is 0 Å². The molecule has 1 unspecified atom stereocenters. The monoisotopic (exact) mass is 274 g/mol. The first kappa shape index (κ1) is 15.6. The topological polar surface area (TPSA) is 29.5 Å². The molecule has 1 aromatic rings. The van der Waals surface area contributed by atoms with Crippen LogP contribution in [0, 0.1) is 6.92 Å². The molecular weight excluding hydrogens is 257 g/mol. The van der Waals surface area contributed by atoms with Crippen LogP contribution in [0.3, 0.4) is 0 Å². The molecule has 2 nitrogen and oxygen atoms in total. The molecule has 0 aliphatic rings. The zero-order valence-corrected chi connectivity index (χ0v) is 11.3. The van der Waals surface area contributed by atoms with E-state index in [1.54, 1.807) is 13.0 Å². The van der Waals surface area contributed by atoms with Gasteiger partial charge in [-0.1, -0.05) is 17.2 Å². The Morgan fingerprint density at radius 2 is 1.84 bits per heavy atom. The van der Waals surface area contributed by atoms with Crippen LogP contribution in [0.15, 0.2) is 29.8 Å². The average molecular weight is 274 g/mol. The Bertz CT molecular complexity index is 488. The fourth-order valence-corrected chi connectivity index (χ4v) is 1.85. The van der Waals surface area contributed by atoms with E-state index >= 15 is 0 Å². The third-order valence-corrected chi connectivity index (χ3v) is 2.70. The van der Waals surface area contributed by atoms with Gasteiger partial charge >= 0.3 is 6.18 Å². The fraction of sp³-hybridized carbons (Fsp3) is 0.429. The molecule has 0 bridgehead atoms. The number of hydrogen-bond acceptors (Lipinski definition) is 2. The van der Waals surface area contributed by atoms with E-state index in [0.717, 1.165) is 6.08 Å². The molecule has 0 radical (unpaired) electrons. The molecule has 1 aromatic carbocycles. The number of rotatable bonds is 3. The van der Waals surface area contributed by atoms with Crippen LogP contribution < -0.4 is 4.74 Å². The van der Waals surface area contributed by atoms with Crippen molar-refractivity contribution in [2.24, 2.45) is 0 Å². The van der Waals surface area contributed by atoms with Crippen LogP contribution in [0.2, 0.25) is 0 Å². The number of hydrogen-bond donors (Lipinski definition) is 1. The lowest BCUT2D eigenvalue weighted by Crippen LogP contribution is -2.41. The summed E-state index contributed by atoms with van der Waals surface area (Å²) < 4.78 is 44.7. The van der Waals surface area contributed by atoms with E-state index in [2.05, 4.69) is 0 Å². The summed E-state index contributed by atoms with van der Waals surface area (Å²) >= 11 is 0. The van der Waals surface area contributed by atoms with E-state index < -0.39 is 11.8 Å². The molecule has 1 N–H and O–H groups in total. The van der Waals surface area contributed by atoms with Gasteiger partial charge in [0.25, 0.3) is 0 Å². The van der Waals surface area contributed by atoms with Gasteiger partial charge in [-0.05, 0) is 39.0 Å². The van der Waals surface area contributed by atoms with Crippen LogP contribution in [0.1, 0.15) is 25.0 Å². The number of aryl methyl sites for hydroxylation is 1. The maximum absolute atomic E-state index is 13.2. The van der Waals surface area contributed by atoms with E-state index in [1.165, 1.54) is 33.1 Å². The highest BCUT2D eigenvalue weighted by Crippen LogP contribution is 2.44. The molecule has 19 heavy (non-hydrogen) atoms. The number of alkyl halides is 3. The molecule has 0 aliphatic heterocycles. The number of aliphatic hydroxyl groups is 1. The zero-order valence-electron chi connectivity index (χ0n) is 11.3. The first-order chi connectivity index (χ1) is 8.61. The average Bonchev–Trinajstić information content (AvgIpc) is 2.26. The molecule has 0 saturated carbocycles. The number of ether oxygens (including phenoxy) is 1. The predicted octanol–water partition coefficient (Wildman–Crippen LogP) is 3.72. The van der Waals surface area contributed by atoms with Crippen molar-refractivity contribution in [2.75, 3.05) is 7.11 Å². The summed E-state index contributed by atoms with van der Waals surface area (Å²) in [6, 6.07) is 4.33. The Labute approximate surface area is 110 Å². The largest absolute Gasteiger partial charge is 0.496 e. The second-order valence-corrected chi connectivity index (χ2v) is 4.69. The van der Waals surface area contributed by atoms with Crippen molar-refractivity contribution < 1.29 is 23.0 Å². The molecule has 1 rings (SSSR count). The van der Waals surface area contributed by atoms with Gasteiger partial charge in [0.1, 0.15) is 5.75 Å². The summed E-state index contributed by atoms with van der Waals surface area (Å²) in [6.07, 6.45) is -4.03. The highest BCUT2D eigenvalue weighted by atomic mass is 19.4. The molecule has 106 valence electrons. The van der Waals surface area contributed by atoms with Crippen molar-refractivity contribution >= 4 is 0 Å². The lowest BCUT2D eigenvalue weighted by atomic mass is 9.89. The van der Waals surface area contributed by atoms with E-state index in [-0.39, 0.29) is 11.3 Å². The van der Waals surface area contributed by atoms with Gasteiger partial charge in [0.05, 0.1) is 7.11 Å². The Balaban J connectivity index is 3.59. The Morgan fingerprint density at radius 1 is 1.26 bits per heavy atom. The Morgan fingerprint density at radius 3 is 2.26 bits per heavy atom. The predicted molar refractivity (Wildman–Crippen MR) is 67.1 cm³/mol. The number of methoxy groups -OCH3 is 1. The minimum Gasteiger partial charge on any atom is -0.496 e. The Kier molecular flexibility index (Phi) is 4.30. The van der Waals surface area contributed by atoms with E-state index in [0.29, 0.717) is 11.1 Å². The summed E-state index contributed by atoms with van der Waals surface area (Å²) in [7, 11) is 1.27. The lowest BCUT2D eigenvalue weighted by molar-refractivity contribution is -0.245. The van der Waals surface area contributed by atoms with Crippen molar-refractivity contribution in [3.05, 3.63) is 41.0 Å². The van der Waals surface area contributed by atoms with Crippen molar-refractivity contribution in [3.63, 3.8) is 0 Å². The minimum atomic E-state index is -4.83. The van der Waals surface area contributed by atoms with Gasteiger partial charge in [0, 0.05) is 5.56 Å². The van der Waals surface area contributed by atoms with Gasteiger partial charge in [-0.3, -0.25) is 0 Å². The van der Waals surface area contributed by atoms with Gasteiger partial charge in [0.2, 0.25) is 5.60 Å². The lowest BCUT2D eigenvalue weighted by Gasteiger charge is -2.30. The highest BCUT2D eigenvalue weighted by molar-refractivity contribution is 5.44. The smallest absolute Gasteiger partial charge is 0.425 e. The van der Waals surface area contributed by atoms with E-state index in [9.17, 15) is 18.3 Å². The molecule has 0 saturated heterocycles. The molecular formula is C14H17F3O2. The maximum atomic E-state index is 13.2. The third kappa shape index (κ3) is 3.10. The van der Waals surface area contributed by atoms with Crippen LogP contribution >= 0.6 is 0 Å². The van der Waals surface area contributed by atoms with Crippen molar-refractivity contribution in [1.82, 2.24) is 0 Å². The molecule has 0 aromatic heterocycles. The van der Waals surface area contributed by atoms with Crippen LogP contribution in [-0.2, 0) is 5.60 Å². The Hall–Kier alpha value is -1.49. The summed E-state index contributed by atoms with van der Waals surface area (Å²) in [6.45, 7) is 4.65. The molecule has 0 spiro atoms. The van der Waals surface area contributed by atoms with E-state index in [1.807, 2.05) is 0 Å². The maximum Gasteiger partial charge on any atom is 0.425 e. The molecule has 0 fully saturated rings. The molecule has 0 heterocycles. The number of halogens is 3. The van der Waals surface area contributed by atoms with Crippen molar-refractivity contribution in [2.45, 2.75) is 32.5 Å². The summed E-state index contributed by atoms with van der Waals surface area (Å²) in [4.78, 5) is 0. The SMILES string of the molecule is COc1ccc(C)cc1C(O)(C=C(C)C)C(F)(F)F. The van der Waals surface area contributed by atoms with Crippen molar-refractivity contribution in [1.29, 1.82) is 0 Å². The number of allylic oxidation sites excluding steroid dienone is 1. The molecule has 0 aliphatic carbocycles. The summed E-state index contributed by atoms with van der Waals surface area (Å²) in [5.74, 6) is 0.00271. The normalized spacial score (nSPS) is 14.7. The second kappa shape index (κ2) is 5.25.